The predicted octanol–water partition coefficient (Wildman–Crippen LogP) is 2.70. The van der Waals surface area contributed by atoms with Crippen LogP contribution >= 0.6 is 0 Å². The number of carbonyl (C=O) groups excluding carboxylic acids is 1. The molecule has 2 unspecified atom stereocenters. The van der Waals surface area contributed by atoms with Gasteiger partial charge in [0.15, 0.2) is 0 Å². The smallest absolute Gasteiger partial charge is 0.407 e. The van der Waals surface area contributed by atoms with Crippen molar-refractivity contribution in [2.75, 3.05) is 0 Å². The Balaban J connectivity index is 2.60. The van der Waals surface area contributed by atoms with Gasteiger partial charge in [0.2, 0.25) is 0 Å². The highest BCUT2D eigenvalue weighted by Crippen LogP contribution is 2.47. The Morgan fingerprint density at radius 2 is 2.00 bits per heavy atom. The first-order valence-corrected chi connectivity index (χ1v) is 6.76. The average Bonchev–Trinajstić information content (AvgIpc) is 2.70. The molecule has 4 nitrogen and oxygen atoms in total. The van der Waals surface area contributed by atoms with Crippen LogP contribution in [0.4, 0.5) is 4.79 Å². The number of hydrogen-bond donors (Lipinski definition) is 2. The van der Waals surface area contributed by atoms with Crippen LogP contribution in [0.5, 0.6) is 0 Å². The molecule has 1 aliphatic carbocycles. The van der Waals surface area contributed by atoms with Crippen molar-refractivity contribution in [3.8, 4) is 0 Å². The Kier molecular flexibility index (Phi) is 4.31. The van der Waals surface area contributed by atoms with Gasteiger partial charge in [0, 0.05) is 0 Å². The second kappa shape index (κ2) is 5.08. The fourth-order valence-corrected chi connectivity index (χ4v) is 2.23. The molecule has 18 heavy (non-hydrogen) atoms. The Hall–Kier alpha value is -0.770. The molecule has 4 heteroatoms. The van der Waals surface area contributed by atoms with E-state index in [2.05, 4.69) is 19.2 Å². The molecule has 0 aliphatic heterocycles. The van der Waals surface area contributed by atoms with E-state index in [9.17, 15) is 9.90 Å². The largest absolute Gasteiger partial charge is 0.444 e. The molecule has 1 fully saturated rings. The molecule has 3 atom stereocenters. The number of carbonyl (C=O) groups is 1. The summed E-state index contributed by atoms with van der Waals surface area (Å²) in [5.74, 6) is 0.665. The third-order valence-electron chi connectivity index (χ3n) is 3.33. The fraction of sp³-hybridized carbons (Fsp3) is 0.929. The van der Waals surface area contributed by atoms with Gasteiger partial charge in [-0.1, -0.05) is 20.8 Å². The molecular weight excluding hydrogens is 230 g/mol. The van der Waals surface area contributed by atoms with Crippen molar-refractivity contribution < 1.29 is 14.6 Å². The number of amides is 1. The maximum atomic E-state index is 11.8. The number of rotatable bonds is 4. The Morgan fingerprint density at radius 1 is 1.50 bits per heavy atom. The monoisotopic (exact) mass is 257 g/mol. The van der Waals surface area contributed by atoms with Crippen molar-refractivity contribution >= 4 is 6.09 Å². The molecule has 0 bridgehead atoms. The SMILES string of the molecule is CC(C)C[C@H](NC(=O)OC(C)(C)C)C1(O)CC1C. The van der Waals surface area contributed by atoms with Gasteiger partial charge in [0.25, 0.3) is 0 Å². The predicted molar refractivity (Wildman–Crippen MR) is 71.3 cm³/mol. The molecule has 1 amide bonds. The number of nitrogens with one attached hydrogen (secondary N) is 1. The number of ether oxygens (including phenoxy) is 1. The van der Waals surface area contributed by atoms with Crippen molar-refractivity contribution in [3.63, 3.8) is 0 Å². The van der Waals surface area contributed by atoms with Crippen molar-refractivity contribution in [2.45, 2.75) is 71.6 Å². The summed E-state index contributed by atoms with van der Waals surface area (Å²) in [4.78, 5) is 11.8. The van der Waals surface area contributed by atoms with E-state index in [-0.39, 0.29) is 12.0 Å². The highest BCUT2D eigenvalue weighted by atomic mass is 16.6. The van der Waals surface area contributed by atoms with Gasteiger partial charge >= 0.3 is 6.09 Å². The van der Waals surface area contributed by atoms with Crippen LogP contribution in [-0.2, 0) is 4.74 Å². The molecule has 0 aromatic heterocycles. The summed E-state index contributed by atoms with van der Waals surface area (Å²) >= 11 is 0. The van der Waals surface area contributed by atoms with Crippen LogP contribution in [0, 0.1) is 11.8 Å². The van der Waals surface area contributed by atoms with E-state index < -0.39 is 17.3 Å². The van der Waals surface area contributed by atoms with Gasteiger partial charge in [-0.15, -0.1) is 0 Å². The number of aliphatic hydroxyl groups is 1. The lowest BCUT2D eigenvalue weighted by atomic mass is 9.96. The molecule has 0 aromatic rings. The summed E-state index contributed by atoms with van der Waals surface area (Å²) in [6.07, 6.45) is 1.07. The van der Waals surface area contributed by atoms with E-state index in [0.717, 1.165) is 12.8 Å². The highest BCUT2D eigenvalue weighted by Gasteiger charge is 2.55. The standard InChI is InChI=1S/C14H27NO3/c1-9(2)7-11(14(17)8-10(14)3)15-12(16)18-13(4,5)6/h9-11,17H,7-8H2,1-6H3,(H,15,16)/t10?,11-,14?/m0/s1. The second-order valence-corrected chi connectivity index (χ2v) is 6.92. The summed E-state index contributed by atoms with van der Waals surface area (Å²) in [6.45, 7) is 11.7. The number of hydrogen-bond acceptors (Lipinski definition) is 3. The molecule has 2 N–H and O–H groups in total. The Bertz CT molecular complexity index is 309. The van der Waals surface area contributed by atoms with E-state index in [0.29, 0.717) is 5.92 Å². The van der Waals surface area contributed by atoms with Gasteiger partial charge in [0.05, 0.1) is 11.6 Å². The summed E-state index contributed by atoms with van der Waals surface area (Å²) in [5.41, 5.74) is -1.26. The minimum Gasteiger partial charge on any atom is -0.444 e. The lowest BCUT2D eigenvalue weighted by Gasteiger charge is -2.28. The Morgan fingerprint density at radius 3 is 2.33 bits per heavy atom. The zero-order valence-corrected chi connectivity index (χ0v) is 12.4. The molecular formula is C14H27NO3. The first-order valence-electron chi connectivity index (χ1n) is 6.76. The lowest BCUT2D eigenvalue weighted by molar-refractivity contribution is 0.0328. The number of alkyl carbamates (subject to hydrolysis) is 1. The molecule has 0 saturated heterocycles. The normalized spacial score (nSPS) is 29.0. The third-order valence-corrected chi connectivity index (χ3v) is 3.33. The molecule has 0 radical (unpaired) electrons. The summed E-state index contributed by atoms with van der Waals surface area (Å²) in [7, 11) is 0. The first kappa shape index (κ1) is 15.3. The van der Waals surface area contributed by atoms with Gasteiger partial charge in [-0.25, -0.2) is 4.79 Å². The van der Waals surface area contributed by atoms with Gasteiger partial charge in [0.1, 0.15) is 5.60 Å². The maximum Gasteiger partial charge on any atom is 0.407 e. The molecule has 1 rings (SSSR count). The van der Waals surface area contributed by atoms with Crippen LogP contribution in [-0.4, -0.2) is 28.4 Å². The van der Waals surface area contributed by atoms with Gasteiger partial charge in [-0.05, 0) is 45.4 Å². The Labute approximate surface area is 110 Å². The van der Waals surface area contributed by atoms with Gasteiger partial charge < -0.3 is 15.2 Å². The van der Waals surface area contributed by atoms with E-state index in [1.807, 2.05) is 27.7 Å². The molecule has 106 valence electrons. The average molecular weight is 257 g/mol. The van der Waals surface area contributed by atoms with Crippen molar-refractivity contribution in [1.29, 1.82) is 0 Å². The molecule has 0 spiro atoms. The molecule has 1 saturated carbocycles. The van der Waals surface area contributed by atoms with Crippen LogP contribution in [0.1, 0.15) is 54.4 Å². The van der Waals surface area contributed by atoms with E-state index in [4.69, 9.17) is 4.74 Å². The summed E-state index contributed by atoms with van der Waals surface area (Å²) in [6, 6.07) is -0.220. The minimum absolute atomic E-state index is 0.220. The van der Waals surface area contributed by atoms with Gasteiger partial charge in [-0.3, -0.25) is 0 Å². The second-order valence-electron chi connectivity index (χ2n) is 6.92. The van der Waals surface area contributed by atoms with Crippen molar-refractivity contribution in [3.05, 3.63) is 0 Å². The lowest BCUT2D eigenvalue weighted by Crippen LogP contribution is -2.48. The molecule has 0 heterocycles. The van der Waals surface area contributed by atoms with E-state index in [1.165, 1.54) is 0 Å². The fourth-order valence-electron chi connectivity index (χ4n) is 2.23. The third kappa shape index (κ3) is 4.16. The molecule has 0 aromatic carbocycles. The topological polar surface area (TPSA) is 58.6 Å². The summed E-state index contributed by atoms with van der Waals surface area (Å²) in [5, 5.41) is 13.2. The van der Waals surface area contributed by atoms with Crippen LogP contribution in [0.25, 0.3) is 0 Å². The quantitative estimate of drug-likeness (QED) is 0.814. The van der Waals surface area contributed by atoms with Crippen LogP contribution in [0.3, 0.4) is 0 Å². The van der Waals surface area contributed by atoms with Crippen molar-refractivity contribution in [1.82, 2.24) is 5.32 Å². The zero-order chi connectivity index (χ0) is 14.1. The highest BCUT2D eigenvalue weighted by molar-refractivity contribution is 5.68. The van der Waals surface area contributed by atoms with E-state index in [1.54, 1.807) is 0 Å². The minimum atomic E-state index is -0.749. The summed E-state index contributed by atoms with van der Waals surface area (Å²) < 4.78 is 5.25. The maximum absolute atomic E-state index is 11.8. The van der Waals surface area contributed by atoms with Crippen LogP contribution < -0.4 is 5.32 Å². The van der Waals surface area contributed by atoms with Crippen LogP contribution in [0.2, 0.25) is 0 Å². The zero-order valence-electron chi connectivity index (χ0n) is 12.4. The van der Waals surface area contributed by atoms with Gasteiger partial charge in [-0.2, -0.15) is 0 Å². The van der Waals surface area contributed by atoms with Crippen molar-refractivity contribution in [2.24, 2.45) is 11.8 Å². The first-order chi connectivity index (χ1) is 8.04. The van der Waals surface area contributed by atoms with Crippen LogP contribution in [0.15, 0.2) is 0 Å². The molecule has 1 aliphatic rings. The van der Waals surface area contributed by atoms with E-state index >= 15 is 0 Å².